The Morgan fingerprint density at radius 3 is 1.28 bits per heavy atom. The Balaban J connectivity index is 1.42. The summed E-state index contributed by atoms with van der Waals surface area (Å²) in [6.45, 7) is 0. The molecule has 8 rings (SSSR count). The quantitative estimate of drug-likeness (QED) is 0.215. The van der Waals surface area contributed by atoms with Gasteiger partial charge in [-0.1, -0.05) is 146 Å². The number of fused-ring (bicyclic) bond motifs is 10. The lowest BCUT2D eigenvalue weighted by molar-refractivity contribution is 0.793. The highest BCUT2D eigenvalue weighted by Crippen LogP contribution is 2.62. The SMILES string of the molecule is C(=C(c1ccccc1)c1ccccc1)c1ccc2c(c1)C1(c3ccccc3-c3ccccc31)c1ccccc1-2. The summed E-state index contributed by atoms with van der Waals surface area (Å²) < 4.78 is 0. The summed E-state index contributed by atoms with van der Waals surface area (Å²) >= 11 is 0. The van der Waals surface area contributed by atoms with E-state index in [4.69, 9.17) is 0 Å². The molecule has 0 radical (unpaired) electrons. The average Bonchev–Trinajstić information content (AvgIpc) is 3.48. The zero-order chi connectivity index (χ0) is 25.8. The molecule has 2 aliphatic carbocycles. The minimum atomic E-state index is -0.317. The van der Waals surface area contributed by atoms with Crippen LogP contribution in [0.4, 0.5) is 0 Å². The van der Waals surface area contributed by atoms with Crippen LogP contribution in [0, 0.1) is 0 Å². The minimum Gasteiger partial charge on any atom is -0.0622 e. The van der Waals surface area contributed by atoms with Gasteiger partial charge in [0.25, 0.3) is 0 Å². The third-order valence-electron chi connectivity index (χ3n) is 8.50. The van der Waals surface area contributed by atoms with Gasteiger partial charge in [-0.3, -0.25) is 0 Å². The zero-order valence-electron chi connectivity index (χ0n) is 21.5. The molecular weight excluding hydrogens is 468 g/mol. The van der Waals surface area contributed by atoms with E-state index in [2.05, 4.69) is 158 Å². The Labute approximate surface area is 229 Å². The first-order valence-electron chi connectivity index (χ1n) is 13.6. The molecule has 39 heavy (non-hydrogen) atoms. The second-order valence-electron chi connectivity index (χ2n) is 10.5. The molecule has 0 heteroatoms. The lowest BCUT2D eigenvalue weighted by atomic mass is 9.70. The molecule has 0 unspecified atom stereocenters. The van der Waals surface area contributed by atoms with Crippen molar-refractivity contribution in [1.29, 1.82) is 0 Å². The molecule has 0 heterocycles. The highest BCUT2D eigenvalue weighted by atomic mass is 14.5. The minimum absolute atomic E-state index is 0.317. The molecule has 0 atom stereocenters. The third-order valence-corrected chi connectivity index (χ3v) is 8.50. The fourth-order valence-electron chi connectivity index (χ4n) is 6.94. The van der Waals surface area contributed by atoms with E-state index in [-0.39, 0.29) is 5.41 Å². The maximum absolute atomic E-state index is 2.44. The summed E-state index contributed by atoms with van der Waals surface area (Å²) in [6.07, 6.45) is 2.36. The predicted octanol–water partition coefficient (Wildman–Crippen LogP) is 9.62. The first-order valence-corrected chi connectivity index (χ1v) is 13.6. The molecule has 0 saturated carbocycles. The smallest absolute Gasteiger partial charge is 0.0622 e. The molecule has 0 aromatic heterocycles. The molecule has 0 N–H and O–H groups in total. The van der Waals surface area contributed by atoms with E-state index in [1.165, 1.54) is 66.8 Å². The number of hydrogen-bond acceptors (Lipinski definition) is 0. The van der Waals surface area contributed by atoms with E-state index in [1.54, 1.807) is 0 Å². The summed E-state index contributed by atoms with van der Waals surface area (Å²) in [7, 11) is 0. The van der Waals surface area contributed by atoms with E-state index in [1.807, 2.05) is 0 Å². The van der Waals surface area contributed by atoms with Crippen LogP contribution in [0.3, 0.4) is 0 Å². The summed E-state index contributed by atoms with van der Waals surface area (Å²) in [6, 6.07) is 55.5. The second-order valence-corrected chi connectivity index (χ2v) is 10.5. The molecule has 0 saturated heterocycles. The average molecular weight is 495 g/mol. The van der Waals surface area contributed by atoms with Crippen LogP contribution in [-0.4, -0.2) is 0 Å². The van der Waals surface area contributed by atoms with Gasteiger partial charge in [0.1, 0.15) is 0 Å². The molecule has 1 spiro atoms. The molecule has 0 bridgehead atoms. The highest BCUT2D eigenvalue weighted by molar-refractivity contribution is 5.97. The van der Waals surface area contributed by atoms with E-state index < -0.39 is 0 Å². The van der Waals surface area contributed by atoms with Gasteiger partial charge in [-0.05, 0) is 78.9 Å². The molecule has 0 amide bonds. The monoisotopic (exact) mass is 494 g/mol. The third kappa shape index (κ3) is 3.12. The normalized spacial score (nSPS) is 13.3. The van der Waals surface area contributed by atoms with Crippen molar-refractivity contribution in [2.75, 3.05) is 0 Å². The highest BCUT2D eigenvalue weighted by Gasteiger charge is 2.51. The standard InChI is InChI=1S/C39H26/c1-3-13-28(14-4-1)34(29-15-5-2-6-16-29)25-27-23-24-33-32-19-9-12-22-37(32)39(38(33)26-27)35-20-10-7-17-30(35)31-18-8-11-21-36(31)39/h1-26H. The van der Waals surface area contributed by atoms with Crippen LogP contribution in [-0.2, 0) is 5.41 Å². The van der Waals surface area contributed by atoms with Crippen LogP contribution in [0.1, 0.15) is 38.9 Å². The van der Waals surface area contributed by atoms with Crippen molar-refractivity contribution in [3.63, 3.8) is 0 Å². The van der Waals surface area contributed by atoms with Crippen molar-refractivity contribution >= 4 is 11.6 Å². The van der Waals surface area contributed by atoms with Gasteiger partial charge in [0, 0.05) is 0 Å². The molecule has 2 aliphatic rings. The number of benzene rings is 6. The topological polar surface area (TPSA) is 0 Å². The first-order chi connectivity index (χ1) is 19.4. The fourth-order valence-corrected chi connectivity index (χ4v) is 6.94. The second kappa shape index (κ2) is 8.55. The Bertz CT molecular complexity index is 1790. The summed E-state index contributed by atoms with van der Waals surface area (Å²) in [4.78, 5) is 0. The van der Waals surface area contributed by atoms with Gasteiger partial charge in [0.2, 0.25) is 0 Å². The van der Waals surface area contributed by atoms with Gasteiger partial charge in [-0.15, -0.1) is 0 Å². The molecule has 6 aromatic carbocycles. The Morgan fingerprint density at radius 2 is 0.795 bits per heavy atom. The molecule has 182 valence electrons. The van der Waals surface area contributed by atoms with Gasteiger partial charge in [0.05, 0.1) is 5.41 Å². The molecule has 0 fully saturated rings. The van der Waals surface area contributed by atoms with Crippen molar-refractivity contribution < 1.29 is 0 Å². The Hall–Kier alpha value is -4.94. The van der Waals surface area contributed by atoms with Crippen molar-refractivity contribution in [2.24, 2.45) is 0 Å². The van der Waals surface area contributed by atoms with E-state index >= 15 is 0 Å². The van der Waals surface area contributed by atoms with Crippen molar-refractivity contribution in [1.82, 2.24) is 0 Å². The van der Waals surface area contributed by atoms with E-state index in [9.17, 15) is 0 Å². The van der Waals surface area contributed by atoms with Gasteiger partial charge in [-0.2, -0.15) is 0 Å². The maximum Gasteiger partial charge on any atom is 0.0725 e. The summed E-state index contributed by atoms with van der Waals surface area (Å²) in [5.41, 5.74) is 15.4. The van der Waals surface area contributed by atoms with Crippen molar-refractivity contribution in [3.8, 4) is 22.3 Å². The van der Waals surface area contributed by atoms with Crippen molar-refractivity contribution in [3.05, 3.63) is 191 Å². The number of rotatable bonds is 3. The lowest BCUT2D eigenvalue weighted by Gasteiger charge is -2.30. The lowest BCUT2D eigenvalue weighted by Crippen LogP contribution is -2.25. The predicted molar refractivity (Wildman–Crippen MR) is 163 cm³/mol. The number of hydrogen-bond donors (Lipinski definition) is 0. The molecule has 6 aromatic rings. The zero-order valence-corrected chi connectivity index (χ0v) is 21.5. The Morgan fingerprint density at radius 1 is 0.385 bits per heavy atom. The van der Waals surface area contributed by atoms with Crippen LogP contribution >= 0.6 is 0 Å². The van der Waals surface area contributed by atoms with Crippen LogP contribution in [0.25, 0.3) is 33.9 Å². The molecule has 0 aliphatic heterocycles. The van der Waals surface area contributed by atoms with Crippen LogP contribution < -0.4 is 0 Å². The summed E-state index contributed by atoms with van der Waals surface area (Å²) in [5.74, 6) is 0. The van der Waals surface area contributed by atoms with Crippen LogP contribution in [0.5, 0.6) is 0 Å². The van der Waals surface area contributed by atoms with Gasteiger partial charge in [0.15, 0.2) is 0 Å². The van der Waals surface area contributed by atoms with Crippen molar-refractivity contribution in [2.45, 2.75) is 5.41 Å². The van der Waals surface area contributed by atoms with Crippen LogP contribution in [0.15, 0.2) is 152 Å². The molecule has 0 nitrogen and oxygen atoms in total. The van der Waals surface area contributed by atoms with E-state index in [0.717, 1.165) is 0 Å². The Kier molecular flexibility index (Phi) is 4.84. The maximum atomic E-state index is 2.44. The molecular formula is C39H26. The van der Waals surface area contributed by atoms with Gasteiger partial charge >= 0.3 is 0 Å². The first kappa shape index (κ1) is 22.1. The van der Waals surface area contributed by atoms with E-state index in [0.29, 0.717) is 0 Å². The van der Waals surface area contributed by atoms with Crippen LogP contribution in [0.2, 0.25) is 0 Å². The summed E-state index contributed by atoms with van der Waals surface area (Å²) in [5, 5.41) is 0. The van der Waals surface area contributed by atoms with Gasteiger partial charge in [-0.25, -0.2) is 0 Å². The van der Waals surface area contributed by atoms with Gasteiger partial charge < -0.3 is 0 Å². The fraction of sp³-hybridized carbons (Fsp3) is 0.0256. The largest absolute Gasteiger partial charge is 0.0725 e.